The van der Waals surface area contributed by atoms with Crippen LogP contribution < -0.4 is 16.2 Å². The predicted octanol–water partition coefficient (Wildman–Crippen LogP) is 1.49. The van der Waals surface area contributed by atoms with Gasteiger partial charge in [0, 0.05) is 49.6 Å². The molecule has 0 bridgehead atoms. The van der Waals surface area contributed by atoms with Crippen molar-refractivity contribution < 1.29 is 8.42 Å². The molecular formula is C21H28N4O2S. The quantitative estimate of drug-likeness (QED) is 0.725. The molecule has 0 spiro atoms. The third-order valence-electron chi connectivity index (χ3n) is 6.73. The second kappa shape index (κ2) is 7.39. The van der Waals surface area contributed by atoms with Gasteiger partial charge in [-0.15, -0.1) is 0 Å². The van der Waals surface area contributed by atoms with Gasteiger partial charge in [0.15, 0.2) is 9.84 Å². The molecule has 2 heterocycles. The maximum absolute atomic E-state index is 13.7. The highest BCUT2D eigenvalue weighted by Gasteiger charge is 2.47. The summed E-state index contributed by atoms with van der Waals surface area (Å²) in [4.78, 5) is 2.99. The molecule has 1 aliphatic carbocycles. The third kappa shape index (κ3) is 3.15. The Hall–Kier alpha value is -1.51. The molecule has 4 unspecified atom stereocenters. The molecule has 2 saturated heterocycles. The summed E-state index contributed by atoms with van der Waals surface area (Å²) in [5.41, 5.74) is 6.45. The van der Waals surface area contributed by atoms with E-state index in [0.717, 1.165) is 56.2 Å². The zero-order valence-electron chi connectivity index (χ0n) is 16.0. The standard InChI is InChI=1S/C21H28N4O2S/c26-28(27,20-7-3-5-15-4-1-2-6-17(15)20)21-18-14-16(8-9-19(18)23-24-21)25-12-10-22-11-13-25/h1-7,16,18-19,21-24H,8-14H2. The number of piperazine rings is 1. The molecule has 2 aromatic rings. The van der Waals surface area contributed by atoms with E-state index in [9.17, 15) is 8.42 Å². The Balaban J connectivity index is 1.45. The van der Waals surface area contributed by atoms with E-state index in [1.165, 1.54) is 0 Å². The molecule has 0 aromatic heterocycles. The van der Waals surface area contributed by atoms with Gasteiger partial charge in [-0.25, -0.2) is 13.8 Å². The number of nitrogens with zero attached hydrogens (tertiary/aromatic N) is 1. The summed E-state index contributed by atoms with van der Waals surface area (Å²) < 4.78 is 27.3. The fourth-order valence-corrected chi connectivity index (χ4v) is 7.28. The molecule has 28 heavy (non-hydrogen) atoms. The Kier molecular flexibility index (Phi) is 4.88. The summed E-state index contributed by atoms with van der Waals surface area (Å²) in [6.07, 6.45) is 3.09. The fourth-order valence-electron chi connectivity index (χ4n) is 5.26. The maximum atomic E-state index is 13.7. The van der Waals surface area contributed by atoms with Crippen molar-refractivity contribution in [3.63, 3.8) is 0 Å². The van der Waals surface area contributed by atoms with Crippen LogP contribution in [0.4, 0.5) is 0 Å². The third-order valence-corrected chi connectivity index (χ3v) is 8.84. The van der Waals surface area contributed by atoms with E-state index in [-0.39, 0.29) is 12.0 Å². The summed E-state index contributed by atoms with van der Waals surface area (Å²) in [6, 6.07) is 14.0. The molecule has 0 radical (unpaired) electrons. The molecule has 150 valence electrons. The Labute approximate surface area is 166 Å². The van der Waals surface area contributed by atoms with Crippen LogP contribution in [0.15, 0.2) is 47.4 Å². The first-order chi connectivity index (χ1) is 13.6. The number of hydrazine groups is 1. The smallest absolute Gasteiger partial charge is 0.196 e. The van der Waals surface area contributed by atoms with Crippen LogP contribution >= 0.6 is 0 Å². The summed E-state index contributed by atoms with van der Waals surface area (Å²) in [5.74, 6) is 0.0950. The monoisotopic (exact) mass is 400 g/mol. The Morgan fingerprint density at radius 3 is 2.57 bits per heavy atom. The highest BCUT2D eigenvalue weighted by molar-refractivity contribution is 7.92. The van der Waals surface area contributed by atoms with E-state index in [1.54, 1.807) is 6.07 Å². The Bertz CT molecular complexity index is 953. The van der Waals surface area contributed by atoms with Gasteiger partial charge in [0.05, 0.1) is 4.90 Å². The van der Waals surface area contributed by atoms with Gasteiger partial charge in [0.1, 0.15) is 5.37 Å². The van der Waals surface area contributed by atoms with E-state index in [2.05, 4.69) is 21.1 Å². The number of hydrogen-bond acceptors (Lipinski definition) is 6. The molecule has 3 aliphatic rings. The minimum absolute atomic E-state index is 0.0950. The van der Waals surface area contributed by atoms with Crippen LogP contribution in [-0.4, -0.2) is 57.0 Å². The van der Waals surface area contributed by atoms with Gasteiger partial charge in [-0.1, -0.05) is 36.4 Å². The number of hydrogen-bond donors (Lipinski definition) is 3. The lowest BCUT2D eigenvalue weighted by atomic mass is 9.82. The van der Waals surface area contributed by atoms with E-state index in [4.69, 9.17) is 0 Å². The van der Waals surface area contributed by atoms with Gasteiger partial charge in [-0.05, 0) is 30.7 Å². The van der Waals surface area contributed by atoms with Crippen molar-refractivity contribution >= 4 is 20.6 Å². The van der Waals surface area contributed by atoms with Crippen molar-refractivity contribution in [2.75, 3.05) is 26.2 Å². The van der Waals surface area contributed by atoms with E-state index >= 15 is 0 Å². The molecule has 1 saturated carbocycles. The van der Waals surface area contributed by atoms with Crippen LogP contribution in [-0.2, 0) is 9.84 Å². The van der Waals surface area contributed by atoms with Gasteiger partial charge < -0.3 is 5.32 Å². The average Bonchev–Trinajstić information content (AvgIpc) is 3.18. The molecule has 4 atom stereocenters. The second-order valence-corrected chi connectivity index (χ2v) is 10.3. The fraction of sp³-hybridized carbons (Fsp3) is 0.524. The van der Waals surface area contributed by atoms with E-state index < -0.39 is 15.2 Å². The molecule has 0 amide bonds. The van der Waals surface area contributed by atoms with Crippen molar-refractivity contribution in [1.82, 2.24) is 21.1 Å². The summed E-state index contributed by atoms with van der Waals surface area (Å²) in [6.45, 7) is 4.17. The van der Waals surface area contributed by atoms with Gasteiger partial charge in [-0.3, -0.25) is 10.3 Å². The summed E-state index contributed by atoms with van der Waals surface area (Å²) >= 11 is 0. The van der Waals surface area contributed by atoms with Crippen LogP contribution in [0.5, 0.6) is 0 Å². The molecule has 6 nitrogen and oxygen atoms in total. The molecular weight excluding hydrogens is 372 g/mol. The minimum Gasteiger partial charge on any atom is -0.314 e. The summed E-state index contributed by atoms with van der Waals surface area (Å²) in [7, 11) is -3.49. The lowest BCUT2D eigenvalue weighted by Gasteiger charge is -2.41. The molecule has 5 rings (SSSR count). The van der Waals surface area contributed by atoms with Crippen LogP contribution in [0, 0.1) is 5.92 Å². The van der Waals surface area contributed by atoms with Crippen molar-refractivity contribution in [1.29, 1.82) is 0 Å². The number of rotatable bonds is 3. The Morgan fingerprint density at radius 2 is 1.71 bits per heavy atom. The highest BCUT2D eigenvalue weighted by atomic mass is 32.2. The van der Waals surface area contributed by atoms with Crippen molar-refractivity contribution in [2.45, 2.75) is 41.6 Å². The number of sulfone groups is 1. The van der Waals surface area contributed by atoms with Crippen molar-refractivity contribution in [3.8, 4) is 0 Å². The Morgan fingerprint density at radius 1 is 0.929 bits per heavy atom. The van der Waals surface area contributed by atoms with E-state index in [0.29, 0.717) is 10.9 Å². The number of nitrogens with one attached hydrogen (secondary N) is 3. The maximum Gasteiger partial charge on any atom is 0.196 e. The predicted molar refractivity (Wildman–Crippen MR) is 111 cm³/mol. The second-order valence-electron chi connectivity index (χ2n) is 8.25. The number of benzene rings is 2. The SMILES string of the molecule is O=S(=O)(c1cccc2ccccc12)C1NNC2CCC(N3CCNCC3)CC21. The van der Waals surface area contributed by atoms with Crippen molar-refractivity contribution in [3.05, 3.63) is 42.5 Å². The lowest BCUT2D eigenvalue weighted by molar-refractivity contribution is 0.111. The van der Waals surface area contributed by atoms with Gasteiger partial charge in [0.25, 0.3) is 0 Å². The number of fused-ring (bicyclic) bond motifs is 2. The lowest BCUT2D eigenvalue weighted by Crippen LogP contribution is -2.52. The topological polar surface area (TPSA) is 73.5 Å². The molecule has 2 aromatic carbocycles. The largest absolute Gasteiger partial charge is 0.314 e. The highest BCUT2D eigenvalue weighted by Crippen LogP contribution is 2.38. The van der Waals surface area contributed by atoms with Crippen molar-refractivity contribution in [2.24, 2.45) is 5.92 Å². The van der Waals surface area contributed by atoms with Crippen LogP contribution in [0.1, 0.15) is 19.3 Å². The normalized spacial score (nSPS) is 31.7. The first-order valence-corrected chi connectivity index (χ1v) is 11.9. The first-order valence-electron chi connectivity index (χ1n) is 10.3. The van der Waals surface area contributed by atoms with Crippen LogP contribution in [0.3, 0.4) is 0 Å². The zero-order valence-corrected chi connectivity index (χ0v) is 16.8. The van der Waals surface area contributed by atoms with Crippen LogP contribution in [0.25, 0.3) is 10.8 Å². The van der Waals surface area contributed by atoms with Gasteiger partial charge in [-0.2, -0.15) is 0 Å². The first kappa shape index (κ1) is 18.5. The molecule has 3 N–H and O–H groups in total. The molecule has 2 aliphatic heterocycles. The minimum atomic E-state index is -3.49. The summed E-state index contributed by atoms with van der Waals surface area (Å²) in [5, 5.41) is 4.61. The van der Waals surface area contributed by atoms with E-state index in [1.807, 2.05) is 36.4 Å². The van der Waals surface area contributed by atoms with Gasteiger partial charge in [0.2, 0.25) is 0 Å². The zero-order chi connectivity index (χ0) is 19.1. The molecule has 7 heteroatoms. The van der Waals surface area contributed by atoms with Gasteiger partial charge >= 0.3 is 0 Å². The molecule has 3 fully saturated rings. The average molecular weight is 401 g/mol. The van der Waals surface area contributed by atoms with Crippen LogP contribution in [0.2, 0.25) is 0 Å².